The summed E-state index contributed by atoms with van der Waals surface area (Å²) in [7, 11) is 1.39. The average Bonchev–Trinajstić information content (AvgIpc) is 2.46. The Morgan fingerprint density at radius 1 is 1.29 bits per heavy atom. The van der Waals surface area contributed by atoms with Gasteiger partial charge in [-0.1, -0.05) is 17.7 Å². The Bertz CT molecular complexity index is 652. The highest BCUT2D eigenvalue weighted by atomic mass is 35.5. The molecule has 0 heterocycles. The Hall–Kier alpha value is -2.27. The van der Waals surface area contributed by atoms with Crippen LogP contribution in [0.4, 0.5) is 4.39 Å². The average molecular weight is 311 g/mol. The Balaban J connectivity index is 2.22. The molecule has 0 aliphatic rings. The summed E-state index contributed by atoms with van der Waals surface area (Å²) in [5, 5.41) is 9.17. The van der Waals surface area contributed by atoms with E-state index in [1.807, 2.05) is 0 Å². The minimum Gasteiger partial charge on any atom is -0.493 e. The second-order valence-electron chi connectivity index (χ2n) is 4.16. The van der Waals surface area contributed by atoms with E-state index in [9.17, 15) is 9.18 Å². The number of benzene rings is 2. The molecule has 21 heavy (non-hydrogen) atoms. The molecule has 110 valence electrons. The van der Waals surface area contributed by atoms with Crippen molar-refractivity contribution in [2.45, 2.75) is 6.61 Å². The summed E-state index contributed by atoms with van der Waals surface area (Å²) in [6, 6.07) is 8.52. The van der Waals surface area contributed by atoms with Gasteiger partial charge in [0.15, 0.2) is 11.5 Å². The van der Waals surface area contributed by atoms with Crippen molar-refractivity contribution in [2.75, 3.05) is 7.11 Å². The molecule has 0 amide bonds. The molecule has 0 aliphatic carbocycles. The zero-order chi connectivity index (χ0) is 15.4. The second-order valence-corrected chi connectivity index (χ2v) is 4.57. The Labute approximate surface area is 125 Å². The Morgan fingerprint density at radius 3 is 2.67 bits per heavy atom. The van der Waals surface area contributed by atoms with E-state index in [4.69, 9.17) is 26.2 Å². The fourth-order valence-electron chi connectivity index (χ4n) is 1.74. The van der Waals surface area contributed by atoms with E-state index in [1.54, 1.807) is 6.07 Å². The number of rotatable bonds is 5. The first-order valence-electron chi connectivity index (χ1n) is 6.00. The molecule has 2 aromatic rings. The van der Waals surface area contributed by atoms with Gasteiger partial charge in [-0.25, -0.2) is 9.18 Å². The molecule has 0 saturated heterocycles. The highest BCUT2D eigenvalue weighted by Crippen LogP contribution is 2.30. The van der Waals surface area contributed by atoms with E-state index in [0.29, 0.717) is 5.75 Å². The van der Waals surface area contributed by atoms with E-state index in [0.717, 1.165) is 0 Å². The second kappa shape index (κ2) is 6.45. The van der Waals surface area contributed by atoms with E-state index in [-0.39, 0.29) is 28.5 Å². The molecule has 0 unspecified atom stereocenters. The predicted octanol–water partition coefficient (Wildman–Crippen LogP) is 3.76. The molecule has 0 saturated carbocycles. The maximum atomic E-state index is 13.6. The van der Waals surface area contributed by atoms with Gasteiger partial charge in [0.25, 0.3) is 0 Å². The molecule has 0 fully saturated rings. The number of hydrogen-bond acceptors (Lipinski definition) is 3. The van der Waals surface area contributed by atoms with Crippen LogP contribution in [0.3, 0.4) is 0 Å². The number of carbonyl (C=O) groups is 1. The lowest BCUT2D eigenvalue weighted by molar-refractivity contribution is 0.0696. The molecule has 0 bridgehead atoms. The first kappa shape index (κ1) is 15.1. The largest absolute Gasteiger partial charge is 0.493 e. The standard InChI is InChI=1S/C15H12ClFO4/c1-20-14-7-9(15(18)19)5-6-13(14)21-8-10-11(16)3-2-4-12(10)17/h2-7H,8H2,1H3,(H,18,19). The topological polar surface area (TPSA) is 55.8 Å². The number of ether oxygens (including phenoxy) is 2. The van der Waals surface area contributed by atoms with Gasteiger partial charge in [0, 0.05) is 5.56 Å². The number of carboxylic acid groups (broad SMARTS) is 1. The fraction of sp³-hybridized carbons (Fsp3) is 0.133. The van der Waals surface area contributed by atoms with Gasteiger partial charge in [0.1, 0.15) is 12.4 Å². The van der Waals surface area contributed by atoms with Crippen LogP contribution in [0, 0.1) is 5.82 Å². The van der Waals surface area contributed by atoms with Crippen LogP contribution >= 0.6 is 11.6 Å². The highest BCUT2D eigenvalue weighted by molar-refractivity contribution is 6.31. The number of halogens is 2. The van der Waals surface area contributed by atoms with E-state index >= 15 is 0 Å². The van der Waals surface area contributed by atoms with Crippen molar-refractivity contribution in [1.29, 1.82) is 0 Å². The van der Waals surface area contributed by atoms with Crippen molar-refractivity contribution >= 4 is 17.6 Å². The van der Waals surface area contributed by atoms with Crippen LogP contribution in [-0.4, -0.2) is 18.2 Å². The number of aromatic carboxylic acids is 1. The fourth-order valence-corrected chi connectivity index (χ4v) is 1.96. The highest BCUT2D eigenvalue weighted by Gasteiger charge is 2.12. The van der Waals surface area contributed by atoms with E-state index < -0.39 is 11.8 Å². The van der Waals surface area contributed by atoms with Crippen LogP contribution in [0.2, 0.25) is 5.02 Å². The molecular weight excluding hydrogens is 299 g/mol. The van der Waals surface area contributed by atoms with Crippen LogP contribution in [-0.2, 0) is 6.61 Å². The molecule has 6 heteroatoms. The van der Waals surface area contributed by atoms with Crippen LogP contribution in [0.1, 0.15) is 15.9 Å². The molecule has 0 aromatic heterocycles. The zero-order valence-electron chi connectivity index (χ0n) is 11.1. The van der Waals surface area contributed by atoms with Crippen molar-refractivity contribution in [3.05, 3.63) is 58.4 Å². The summed E-state index contributed by atoms with van der Waals surface area (Å²) < 4.78 is 24.2. The molecule has 0 spiro atoms. The molecule has 2 aromatic carbocycles. The summed E-state index contributed by atoms with van der Waals surface area (Å²) in [5.41, 5.74) is 0.298. The lowest BCUT2D eigenvalue weighted by atomic mass is 10.2. The smallest absolute Gasteiger partial charge is 0.335 e. The summed E-state index contributed by atoms with van der Waals surface area (Å²) in [5.74, 6) is -0.982. The molecule has 4 nitrogen and oxygen atoms in total. The summed E-state index contributed by atoms with van der Waals surface area (Å²) in [6.07, 6.45) is 0. The van der Waals surface area contributed by atoms with Crippen molar-refractivity contribution < 1.29 is 23.8 Å². The minimum atomic E-state index is -1.07. The zero-order valence-corrected chi connectivity index (χ0v) is 11.9. The molecule has 2 rings (SSSR count). The normalized spacial score (nSPS) is 10.2. The minimum absolute atomic E-state index is 0.0723. The van der Waals surface area contributed by atoms with Crippen LogP contribution < -0.4 is 9.47 Å². The Kier molecular flexibility index (Phi) is 4.65. The monoisotopic (exact) mass is 310 g/mol. The molecular formula is C15H12ClFO4. The molecule has 0 radical (unpaired) electrons. The lowest BCUT2D eigenvalue weighted by Crippen LogP contribution is -2.02. The van der Waals surface area contributed by atoms with Crippen molar-refractivity contribution in [1.82, 2.24) is 0 Å². The predicted molar refractivity (Wildman–Crippen MR) is 75.7 cm³/mol. The third kappa shape index (κ3) is 3.44. The molecule has 0 aliphatic heterocycles. The number of hydrogen-bond donors (Lipinski definition) is 1. The number of carboxylic acids is 1. The Morgan fingerprint density at radius 2 is 2.05 bits per heavy atom. The van der Waals surface area contributed by atoms with Crippen molar-refractivity contribution in [2.24, 2.45) is 0 Å². The SMILES string of the molecule is COc1cc(C(=O)O)ccc1OCc1c(F)cccc1Cl. The van der Waals surface area contributed by atoms with Crippen LogP contribution in [0.15, 0.2) is 36.4 Å². The van der Waals surface area contributed by atoms with Gasteiger partial charge in [-0.15, -0.1) is 0 Å². The van der Waals surface area contributed by atoms with E-state index in [2.05, 4.69) is 0 Å². The van der Waals surface area contributed by atoms with Gasteiger partial charge in [-0.05, 0) is 30.3 Å². The summed E-state index contributed by atoms with van der Waals surface area (Å²) >= 11 is 5.91. The molecule has 1 N–H and O–H groups in total. The lowest BCUT2D eigenvalue weighted by Gasteiger charge is -2.12. The van der Waals surface area contributed by atoms with Crippen molar-refractivity contribution in [3.63, 3.8) is 0 Å². The molecule has 0 atom stereocenters. The maximum absolute atomic E-state index is 13.6. The number of methoxy groups -OCH3 is 1. The summed E-state index contributed by atoms with van der Waals surface area (Å²) in [4.78, 5) is 10.9. The van der Waals surface area contributed by atoms with E-state index in [1.165, 1.54) is 37.4 Å². The van der Waals surface area contributed by atoms with Gasteiger partial charge >= 0.3 is 5.97 Å². The van der Waals surface area contributed by atoms with Gasteiger partial charge in [-0.2, -0.15) is 0 Å². The third-order valence-corrected chi connectivity index (χ3v) is 3.20. The third-order valence-electron chi connectivity index (χ3n) is 2.84. The van der Waals surface area contributed by atoms with Gasteiger partial charge in [0.2, 0.25) is 0 Å². The van der Waals surface area contributed by atoms with Gasteiger partial charge < -0.3 is 14.6 Å². The maximum Gasteiger partial charge on any atom is 0.335 e. The van der Waals surface area contributed by atoms with Crippen LogP contribution in [0.5, 0.6) is 11.5 Å². The van der Waals surface area contributed by atoms with Gasteiger partial charge in [0.05, 0.1) is 17.7 Å². The quantitative estimate of drug-likeness (QED) is 0.913. The summed E-state index contributed by atoms with van der Waals surface area (Å²) in [6.45, 7) is -0.0890. The first-order chi connectivity index (χ1) is 10.0. The first-order valence-corrected chi connectivity index (χ1v) is 6.37. The van der Waals surface area contributed by atoms with Gasteiger partial charge in [-0.3, -0.25) is 0 Å². The van der Waals surface area contributed by atoms with Crippen LogP contribution in [0.25, 0.3) is 0 Å². The van der Waals surface area contributed by atoms with Crippen molar-refractivity contribution in [3.8, 4) is 11.5 Å².